The molecule has 25 heavy (non-hydrogen) atoms. The van der Waals surface area contributed by atoms with E-state index in [4.69, 9.17) is 14.2 Å². The summed E-state index contributed by atoms with van der Waals surface area (Å²) < 4.78 is 17.6. The van der Waals surface area contributed by atoms with Crippen LogP contribution in [-0.2, 0) is 14.3 Å². The van der Waals surface area contributed by atoms with Crippen LogP contribution in [0, 0.1) is 0 Å². The maximum Gasteiger partial charge on any atom is 0.365 e. The van der Waals surface area contributed by atoms with Crippen LogP contribution in [0.25, 0.3) is 0 Å². The lowest BCUT2D eigenvalue weighted by molar-refractivity contribution is -0.913. The van der Waals surface area contributed by atoms with Gasteiger partial charge in [-0.3, -0.25) is 0 Å². The van der Waals surface area contributed by atoms with Crippen molar-refractivity contribution in [3.8, 4) is 5.75 Å². The zero-order valence-corrected chi connectivity index (χ0v) is 16.0. The van der Waals surface area contributed by atoms with Gasteiger partial charge in [-0.2, -0.15) is 0 Å². The van der Waals surface area contributed by atoms with Gasteiger partial charge in [-0.25, -0.2) is 4.79 Å². The van der Waals surface area contributed by atoms with E-state index >= 15 is 0 Å². The molecule has 5 nitrogen and oxygen atoms in total. The van der Waals surface area contributed by atoms with Crippen LogP contribution in [0.5, 0.6) is 5.75 Å². The molecule has 0 radical (unpaired) electrons. The average molecular weight is 350 g/mol. The lowest BCUT2D eigenvalue weighted by Crippen LogP contribution is -2.54. The Balaban J connectivity index is 1.70. The van der Waals surface area contributed by atoms with E-state index in [9.17, 15) is 4.79 Å². The summed E-state index contributed by atoms with van der Waals surface area (Å²) in [4.78, 5) is 12.5. The first-order valence-electron chi connectivity index (χ1n) is 9.13. The van der Waals surface area contributed by atoms with Crippen LogP contribution >= 0.6 is 0 Å². The number of benzene rings is 1. The van der Waals surface area contributed by atoms with Gasteiger partial charge in [-0.15, -0.1) is 0 Å². The molecule has 1 aromatic carbocycles. The van der Waals surface area contributed by atoms with Gasteiger partial charge in [0.15, 0.2) is 6.04 Å². The van der Waals surface area contributed by atoms with E-state index < -0.39 is 5.60 Å². The lowest BCUT2D eigenvalue weighted by Gasteiger charge is -2.35. The standard InChI is InChI=1S/C20H32NO4/c1-20(2,3)25-19(22)18-11-8-12-21(18,4)13-14-23-15-16-24-17-9-6-5-7-10-17/h5-7,9-10,18H,8,11-16H2,1-4H3/q+1. The van der Waals surface area contributed by atoms with Crippen molar-refractivity contribution in [2.24, 2.45) is 0 Å². The molecule has 2 rings (SSSR count). The van der Waals surface area contributed by atoms with Gasteiger partial charge in [0.2, 0.25) is 0 Å². The fourth-order valence-corrected chi connectivity index (χ4v) is 3.23. The van der Waals surface area contributed by atoms with E-state index in [-0.39, 0.29) is 12.0 Å². The molecule has 0 N–H and O–H groups in total. The molecule has 0 saturated carbocycles. The molecule has 1 saturated heterocycles. The van der Waals surface area contributed by atoms with E-state index in [1.54, 1.807) is 0 Å². The topological polar surface area (TPSA) is 44.8 Å². The number of para-hydroxylation sites is 1. The van der Waals surface area contributed by atoms with Crippen LogP contribution in [0.4, 0.5) is 0 Å². The quantitative estimate of drug-likeness (QED) is 0.411. The van der Waals surface area contributed by atoms with Gasteiger partial charge in [0.05, 0.1) is 26.8 Å². The maximum absolute atomic E-state index is 12.5. The van der Waals surface area contributed by atoms with Crippen LogP contribution in [0.2, 0.25) is 0 Å². The number of carbonyl (C=O) groups is 1. The largest absolute Gasteiger partial charge is 0.491 e. The van der Waals surface area contributed by atoms with Crippen molar-refractivity contribution in [2.45, 2.75) is 45.3 Å². The molecule has 1 heterocycles. The molecule has 140 valence electrons. The zero-order valence-electron chi connectivity index (χ0n) is 16.0. The Morgan fingerprint density at radius 2 is 1.88 bits per heavy atom. The highest BCUT2D eigenvalue weighted by Crippen LogP contribution is 2.27. The minimum absolute atomic E-state index is 0.0802. The average Bonchev–Trinajstić information content (AvgIpc) is 2.92. The molecule has 0 spiro atoms. The number of likely N-dealkylation sites (tertiary alicyclic amines) is 1. The zero-order chi connectivity index (χ0) is 18.3. The fourth-order valence-electron chi connectivity index (χ4n) is 3.23. The summed E-state index contributed by atoms with van der Waals surface area (Å²) in [6, 6.07) is 9.65. The SMILES string of the molecule is CC(C)(C)OC(=O)C1CCC[N+]1(C)CCOCCOc1ccccc1. The Labute approximate surface area is 151 Å². The first-order chi connectivity index (χ1) is 11.8. The third-order valence-electron chi connectivity index (χ3n) is 4.56. The molecule has 0 aliphatic carbocycles. The van der Waals surface area contributed by atoms with Crippen molar-refractivity contribution in [1.29, 1.82) is 0 Å². The monoisotopic (exact) mass is 350 g/mol. The molecule has 0 aromatic heterocycles. The normalized spacial score (nSPS) is 23.4. The van der Waals surface area contributed by atoms with Crippen molar-refractivity contribution in [2.75, 3.05) is 40.0 Å². The lowest BCUT2D eigenvalue weighted by atomic mass is 10.1. The minimum Gasteiger partial charge on any atom is -0.491 e. The number of hydrogen-bond donors (Lipinski definition) is 0. The molecular formula is C20H32NO4+. The predicted octanol–water partition coefficient (Wildman–Crippen LogP) is 3.03. The molecule has 1 aliphatic rings. The molecule has 0 amide bonds. The summed E-state index contributed by atoms with van der Waals surface area (Å²) in [5, 5.41) is 0. The first-order valence-corrected chi connectivity index (χ1v) is 9.13. The van der Waals surface area contributed by atoms with Gasteiger partial charge in [-0.1, -0.05) is 18.2 Å². The molecular weight excluding hydrogens is 318 g/mol. The van der Waals surface area contributed by atoms with Crippen molar-refractivity contribution >= 4 is 5.97 Å². The fraction of sp³-hybridized carbons (Fsp3) is 0.650. The molecule has 1 fully saturated rings. The second kappa shape index (κ2) is 8.68. The number of likely N-dealkylation sites (N-methyl/N-ethyl adjacent to an activating group) is 1. The van der Waals surface area contributed by atoms with Crippen LogP contribution in [0.1, 0.15) is 33.6 Å². The van der Waals surface area contributed by atoms with E-state index in [2.05, 4.69) is 7.05 Å². The van der Waals surface area contributed by atoms with E-state index in [0.29, 0.717) is 24.3 Å². The number of nitrogens with zero attached hydrogens (tertiary/aromatic N) is 1. The number of carbonyl (C=O) groups excluding carboxylic acids is 1. The third kappa shape index (κ3) is 6.33. The Hall–Kier alpha value is -1.59. The molecule has 0 bridgehead atoms. The van der Waals surface area contributed by atoms with Crippen LogP contribution in [-0.4, -0.2) is 62.1 Å². The second-order valence-electron chi connectivity index (χ2n) is 7.89. The van der Waals surface area contributed by atoms with Gasteiger partial charge in [-0.05, 0) is 32.9 Å². The summed E-state index contributed by atoms with van der Waals surface area (Å²) in [6.07, 6.45) is 1.94. The summed E-state index contributed by atoms with van der Waals surface area (Å²) in [5.74, 6) is 0.773. The van der Waals surface area contributed by atoms with Crippen molar-refractivity contribution in [3.63, 3.8) is 0 Å². The molecule has 2 unspecified atom stereocenters. The Bertz CT molecular complexity index is 540. The van der Waals surface area contributed by atoms with Crippen molar-refractivity contribution in [3.05, 3.63) is 30.3 Å². The Morgan fingerprint density at radius 1 is 1.16 bits per heavy atom. The minimum atomic E-state index is -0.435. The molecule has 1 aromatic rings. The van der Waals surface area contributed by atoms with Crippen molar-refractivity contribution < 1.29 is 23.5 Å². The highest BCUT2D eigenvalue weighted by molar-refractivity contribution is 5.75. The highest BCUT2D eigenvalue weighted by Gasteiger charge is 2.44. The summed E-state index contributed by atoms with van der Waals surface area (Å²) >= 11 is 0. The third-order valence-corrected chi connectivity index (χ3v) is 4.56. The molecule has 2 atom stereocenters. The highest BCUT2D eigenvalue weighted by atomic mass is 16.6. The second-order valence-corrected chi connectivity index (χ2v) is 7.89. The Morgan fingerprint density at radius 3 is 2.56 bits per heavy atom. The van der Waals surface area contributed by atoms with Crippen molar-refractivity contribution in [1.82, 2.24) is 0 Å². The Kier molecular flexibility index (Phi) is 6.85. The summed E-state index contributed by atoms with van der Waals surface area (Å²) in [7, 11) is 2.13. The van der Waals surface area contributed by atoms with Gasteiger partial charge in [0.1, 0.15) is 24.5 Å². The van der Waals surface area contributed by atoms with E-state index in [1.807, 2.05) is 51.1 Å². The number of quaternary nitrogens is 1. The summed E-state index contributed by atoms with van der Waals surface area (Å²) in [5.41, 5.74) is -0.435. The number of ether oxygens (including phenoxy) is 3. The van der Waals surface area contributed by atoms with Crippen LogP contribution in [0.15, 0.2) is 30.3 Å². The van der Waals surface area contributed by atoms with E-state index in [1.165, 1.54) is 0 Å². The van der Waals surface area contributed by atoms with Gasteiger partial charge in [0, 0.05) is 12.8 Å². The predicted molar refractivity (Wildman–Crippen MR) is 97.5 cm³/mol. The maximum atomic E-state index is 12.5. The molecule has 5 heteroatoms. The van der Waals surface area contributed by atoms with Gasteiger partial charge < -0.3 is 18.7 Å². The van der Waals surface area contributed by atoms with Crippen LogP contribution < -0.4 is 4.74 Å². The summed E-state index contributed by atoms with van der Waals surface area (Å²) in [6.45, 7) is 9.26. The first kappa shape index (κ1) is 19.7. The number of hydrogen-bond acceptors (Lipinski definition) is 4. The number of esters is 1. The number of rotatable bonds is 8. The molecule has 1 aliphatic heterocycles. The van der Waals surface area contributed by atoms with E-state index in [0.717, 1.165) is 31.7 Å². The van der Waals surface area contributed by atoms with Gasteiger partial charge >= 0.3 is 5.97 Å². The smallest absolute Gasteiger partial charge is 0.365 e. The van der Waals surface area contributed by atoms with Crippen LogP contribution in [0.3, 0.4) is 0 Å². The van der Waals surface area contributed by atoms with Gasteiger partial charge in [0.25, 0.3) is 0 Å².